The zero-order valence-corrected chi connectivity index (χ0v) is 10.5. The summed E-state index contributed by atoms with van der Waals surface area (Å²) in [6, 6.07) is 7.15. The highest BCUT2D eigenvalue weighted by Gasteiger charge is 2.44. The van der Waals surface area contributed by atoms with Gasteiger partial charge in [0.05, 0.1) is 0 Å². The zero-order chi connectivity index (χ0) is 12.0. The summed E-state index contributed by atoms with van der Waals surface area (Å²) in [7, 11) is 0. The van der Waals surface area contributed by atoms with Crippen molar-refractivity contribution in [2.24, 2.45) is 11.8 Å². The van der Waals surface area contributed by atoms with Crippen LogP contribution in [-0.4, -0.2) is 0 Å². The molecule has 0 amide bonds. The molecular weight excluding hydrogens is 211 g/mol. The molecule has 90 valence electrons. The summed E-state index contributed by atoms with van der Waals surface area (Å²) in [5, 5.41) is 0. The molecule has 0 saturated heterocycles. The molecule has 0 aliphatic heterocycles. The minimum Gasteiger partial charge on any atom is -0.207 e. The fourth-order valence-electron chi connectivity index (χ4n) is 3.99. The standard InChI is InChI=1S/C16H19F/c1-10(2)16-12-5-8-14(16)15(9-12)11-3-6-13(17)7-4-11/h3-4,6-7,12,14-15H,5,8-9H2,1-2H3. The molecule has 2 fully saturated rings. The summed E-state index contributed by atoms with van der Waals surface area (Å²) >= 11 is 0. The molecule has 1 heteroatoms. The first-order valence-electron chi connectivity index (χ1n) is 6.59. The van der Waals surface area contributed by atoms with Gasteiger partial charge in [-0.25, -0.2) is 4.39 Å². The second-order valence-corrected chi connectivity index (χ2v) is 5.73. The predicted molar refractivity (Wildman–Crippen MR) is 68.3 cm³/mol. The Labute approximate surface area is 103 Å². The third-order valence-electron chi connectivity index (χ3n) is 4.57. The third-order valence-corrected chi connectivity index (χ3v) is 4.57. The first-order valence-corrected chi connectivity index (χ1v) is 6.59. The second kappa shape index (κ2) is 3.97. The van der Waals surface area contributed by atoms with E-state index in [0.29, 0.717) is 5.92 Å². The Morgan fingerprint density at radius 1 is 1.06 bits per heavy atom. The van der Waals surface area contributed by atoms with Crippen molar-refractivity contribution in [3.05, 3.63) is 46.8 Å². The fraction of sp³-hybridized carbons (Fsp3) is 0.500. The predicted octanol–water partition coefficient (Wildman–Crippen LogP) is 4.68. The Kier molecular flexibility index (Phi) is 2.57. The minimum atomic E-state index is -0.126. The van der Waals surface area contributed by atoms with E-state index in [-0.39, 0.29) is 5.82 Å². The van der Waals surface area contributed by atoms with Crippen LogP contribution in [0.25, 0.3) is 0 Å². The number of rotatable bonds is 1. The highest BCUT2D eigenvalue weighted by molar-refractivity contribution is 5.34. The van der Waals surface area contributed by atoms with Gasteiger partial charge in [-0.1, -0.05) is 23.3 Å². The van der Waals surface area contributed by atoms with Crippen molar-refractivity contribution >= 4 is 0 Å². The van der Waals surface area contributed by atoms with Gasteiger partial charge in [0.1, 0.15) is 5.82 Å². The number of halogens is 1. The van der Waals surface area contributed by atoms with Crippen LogP contribution < -0.4 is 0 Å². The number of benzene rings is 1. The summed E-state index contributed by atoms with van der Waals surface area (Å²) in [4.78, 5) is 0. The van der Waals surface area contributed by atoms with E-state index in [4.69, 9.17) is 0 Å². The van der Waals surface area contributed by atoms with E-state index >= 15 is 0 Å². The Balaban J connectivity index is 1.93. The molecule has 2 aliphatic carbocycles. The maximum absolute atomic E-state index is 13.0. The fourth-order valence-corrected chi connectivity index (χ4v) is 3.99. The molecule has 3 atom stereocenters. The molecule has 0 heterocycles. The van der Waals surface area contributed by atoms with Crippen LogP contribution in [0, 0.1) is 17.7 Å². The van der Waals surface area contributed by atoms with Crippen molar-refractivity contribution in [2.45, 2.75) is 39.0 Å². The van der Waals surface area contributed by atoms with Crippen LogP contribution in [0.1, 0.15) is 44.6 Å². The molecule has 0 N–H and O–H groups in total. The largest absolute Gasteiger partial charge is 0.207 e. The molecule has 2 bridgehead atoms. The van der Waals surface area contributed by atoms with Gasteiger partial charge in [-0.05, 0) is 68.6 Å². The Hall–Kier alpha value is -1.11. The lowest BCUT2D eigenvalue weighted by atomic mass is 9.83. The quantitative estimate of drug-likeness (QED) is 0.615. The van der Waals surface area contributed by atoms with E-state index in [0.717, 1.165) is 11.8 Å². The van der Waals surface area contributed by atoms with E-state index < -0.39 is 0 Å². The van der Waals surface area contributed by atoms with Crippen LogP contribution in [0.2, 0.25) is 0 Å². The first kappa shape index (κ1) is 11.0. The van der Waals surface area contributed by atoms with Gasteiger partial charge in [0.2, 0.25) is 0 Å². The molecular formula is C16H19F. The second-order valence-electron chi connectivity index (χ2n) is 5.73. The van der Waals surface area contributed by atoms with E-state index in [1.165, 1.54) is 30.4 Å². The highest BCUT2D eigenvalue weighted by atomic mass is 19.1. The van der Waals surface area contributed by atoms with Crippen LogP contribution >= 0.6 is 0 Å². The first-order chi connectivity index (χ1) is 8.16. The summed E-state index contributed by atoms with van der Waals surface area (Å²) in [5.41, 5.74) is 4.55. The lowest BCUT2D eigenvalue weighted by Gasteiger charge is -2.21. The van der Waals surface area contributed by atoms with Crippen LogP contribution in [0.5, 0.6) is 0 Å². The molecule has 3 unspecified atom stereocenters. The maximum atomic E-state index is 13.0. The zero-order valence-electron chi connectivity index (χ0n) is 10.5. The molecule has 3 rings (SSSR count). The molecule has 0 aromatic heterocycles. The van der Waals surface area contributed by atoms with Crippen LogP contribution in [0.4, 0.5) is 4.39 Å². The van der Waals surface area contributed by atoms with E-state index in [9.17, 15) is 4.39 Å². The van der Waals surface area contributed by atoms with Crippen molar-refractivity contribution < 1.29 is 4.39 Å². The van der Waals surface area contributed by atoms with Gasteiger partial charge in [0.25, 0.3) is 0 Å². The van der Waals surface area contributed by atoms with Gasteiger partial charge in [-0.3, -0.25) is 0 Å². The van der Waals surface area contributed by atoms with Gasteiger partial charge in [-0.2, -0.15) is 0 Å². The molecule has 17 heavy (non-hydrogen) atoms. The van der Waals surface area contributed by atoms with E-state index in [1.807, 2.05) is 12.1 Å². The van der Waals surface area contributed by atoms with Gasteiger partial charge < -0.3 is 0 Å². The summed E-state index contributed by atoms with van der Waals surface area (Å²) in [6.07, 6.45) is 3.97. The Bertz CT molecular complexity index is 451. The van der Waals surface area contributed by atoms with Crippen molar-refractivity contribution in [3.63, 3.8) is 0 Å². The van der Waals surface area contributed by atoms with E-state index in [2.05, 4.69) is 13.8 Å². The average Bonchev–Trinajstić information content (AvgIpc) is 2.87. The number of hydrogen-bond donors (Lipinski definition) is 0. The molecule has 0 radical (unpaired) electrons. The molecule has 2 saturated carbocycles. The summed E-state index contributed by atoms with van der Waals surface area (Å²) in [5.74, 6) is 2.05. The van der Waals surface area contributed by atoms with Crippen molar-refractivity contribution in [1.29, 1.82) is 0 Å². The SMILES string of the molecule is CC(C)=C1C2CCC1C(c1ccc(F)cc1)C2. The monoisotopic (exact) mass is 230 g/mol. The van der Waals surface area contributed by atoms with Crippen LogP contribution in [0.3, 0.4) is 0 Å². The molecule has 1 aromatic carbocycles. The third kappa shape index (κ3) is 1.72. The number of hydrogen-bond acceptors (Lipinski definition) is 0. The van der Waals surface area contributed by atoms with Crippen LogP contribution in [-0.2, 0) is 0 Å². The average molecular weight is 230 g/mol. The lowest BCUT2D eigenvalue weighted by Crippen LogP contribution is -2.08. The highest BCUT2D eigenvalue weighted by Crippen LogP contribution is 2.57. The summed E-state index contributed by atoms with van der Waals surface area (Å²) < 4.78 is 13.0. The smallest absolute Gasteiger partial charge is 0.123 e. The summed E-state index contributed by atoms with van der Waals surface area (Å²) in [6.45, 7) is 4.49. The van der Waals surface area contributed by atoms with Gasteiger partial charge in [0.15, 0.2) is 0 Å². The normalized spacial score (nSPS) is 31.0. The lowest BCUT2D eigenvalue weighted by molar-refractivity contribution is 0.420. The Morgan fingerprint density at radius 3 is 2.35 bits per heavy atom. The van der Waals surface area contributed by atoms with Crippen molar-refractivity contribution in [1.82, 2.24) is 0 Å². The molecule has 2 aliphatic rings. The molecule has 0 nitrogen and oxygen atoms in total. The van der Waals surface area contributed by atoms with Crippen molar-refractivity contribution in [2.75, 3.05) is 0 Å². The topological polar surface area (TPSA) is 0 Å². The van der Waals surface area contributed by atoms with Gasteiger partial charge in [0, 0.05) is 0 Å². The Morgan fingerprint density at radius 2 is 1.76 bits per heavy atom. The minimum absolute atomic E-state index is 0.126. The van der Waals surface area contributed by atoms with Gasteiger partial charge >= 0.3 is 0 Å². The van der Waals surface area contributed by atoms with E-state index in [1.54, 1.807) is 17.7 Å². The molecule has 0 spiro atoms. The molecule has 1 aromatic rings. The van der Waals surface area contributed by atoms with Crippen molar-refractivity contribution in [3.8, 4) is 0 Å². The number of fused-ring (bicyclic) bond motifs is 2. The van der Waals surface area contributed by atoms with Crippen LogP contribution in [0.15, 0.2) is 35.4 Å². The number of allylic oxidation sites excluding steroid dienone is 2. The van der Waals surface area contributed by atoms with Gasteiger partial charge in [-0.15, -0.1) is 0 Å². The maximum Gasteiger partial charge on any atom is 0.123 e.